The van der Waals surface area contributed by atoms with Gasteiger partial charge in [0.25, 0.3) is 0 Å². The van der Waals surface area contributed by atoms with E-state index in [1.807, 2.05) is 6.08 Å². The summed E-state index contributed by atoms with van der Waals surface area (Å²) in [7, 11) is 0. The topological polar surface area (TPSA) is 0 Å². The van der Waals surface area contributed by atoms with E-state index in [1.54, 1.807) is 5.92 Å². The van der Waals surface area contributed by atoms with Gasteiger partial charge in [0.15, 0.2) is 0 Å². The Balaban J connectivity index is 0. The van der Waals surface area contributed by atoms with Crippen molar-refractivity contribution < 1.29 is 19.5 Å². The average molecular weight is 205 g/mol. The van der Waals surface area contributed by atoms with Gasteiger partial charge < -0.3 is 5.92 Å². The van der Waals surface area contributed by atoms with Crippen LogP contribution in [0.3, 0.4) is 0 Å². The van der Waals surface area contributed by atoms with E-state index in [-0.39, 0.29) is 19.5 Å². The van der Waals surface area contributed by atoms with Crippen LogP contribution in [-0.2, 0) is 19.5 Å². The third-order valence-corrected chi connectivity index (χ3v) is 1.59. The summed E-state index contributed by atoms with van der Waals surface area (Å²) in [6.07, 6.45) is 8.52. The second kappa shape index (κ2) is 10.4. The molecule has 0 N–H and O–H groups in total. The Morgan fingerprint density at radius 2 is 1.82 bits per heavy atom. The summed E-state index contributed by atoms with van der Waals surface area (Å²) in [6, 6.07) is 0. The van der Waals surface area contributed by atoms with Crippen molar-refractivity contribution in [1.82, 2.24) is 0 Å². The molecule has 0 radical (unpaired) electrons. The van der Waals surface area contributed by atoms with Crippen LogP contribution in [0.2, 0.25) is 0 Å². The number of hydrogen-bond acceptors (Lipinski definition) is 0. The Kier molecular flexibility index (Phi) is 13.1. The van der Waals surface area contributed by atoms with E-state index in [9.17, 15) is 0 Å². The molecule has 0 heterocycles. The van der Waals surface area contributed by atoms with Crippen LogP contribution < -0.4 is 0 Å². The maximum absolute atomic E-state index is 3.69. The molecule has 62 valence electrons. The van der Waals surface area contributed by atoms with Crippen LogP contribution in [0.4, 0.5) is 0 Å². The molecule has 0 fully saturated rings. The third kappa shape index (κ3) is 13.4. The molecule has 0 rings (SSSR count). The van der Waals surface area contributed by atoms with Gasteiger partial charge in [-0.15, -0.1) is 6.58 Å². The van der Waals surface area contributed by atoms with E-state index in [0.29, 0.717) is 0 Å². The van der Waals surface area contributed by atoms with Crippen molar-refractivity contribution in [1.29, 1.82) is 0 Å². The van der Waals surface area contributed by atoms with E-state index in [4.69, 9.17) is 0 Å². The molecular formula is C10H19Zn-. The Hall–Kier alpha value is 0.363. The monoisotopic (exact) mass is 203 g/mol. The van der Waals surface area contributed by atoms with E-state index < -0.39 is 0 Å². The molecule has 11 heavy (non-hydrogen) atoms. The van der Waals surface area contributed by atoms with Crippen molar-refractivity contribution in [2.75, 3.05) is 0 Å². The molecule has 0 amide bonds. The zero-order valence-corrected chi connectivity index (χ0v) is 11.0. The van der Waals surface area contributed by atoms with Crippen LogP contribution in [0, 0.1) is 5.92 Å². The summed E-state index contributed by atoms with van der Waals surface area (Å²) in [5.41, 5.74) is 0. The van der Waals surface area contributed by atoms with Crippen LogP contribution in [0.15, 0.2) is 12.7 Å². The minimum absolute atomic E-state index is 0. The van der Waals surface area contributed by atoms with Gasteiger partial charge in [0.2, 0.25) is 0 Å². The van der Waals surface area contributed by atoms with Crippen LogP contribution in [0.5, 0.6) is 0 Å². The van der Waals surface area contributed by atoms with E-state index in [1.165, 1.54) is 32.1 Å². The molecule has 0 saturated heterocycles. The Bertz CT molecular complexity index is 76.9. The first-order chi connectivity index (χ1) is 4.77. The normalized spacial score (nSPS) is 9.36. The van der Waals surface area contributed by atoms with Crippen molar-refractivity contribution in [3.8, 4) is 0 Å². The standard InChI is InChI=1S/C10H19.Zn/c1-4-5-6-7-8-9-10(2)3;/h4H,1,5-9H2,2-3H3;/q-1;. The summed E-state index contributed by atoms with van der Waals surface area (Å²) in [6.45, 7) is 8.09. The van der Waals surface area contributed by atoms with Crippen molar-refractivity contribution in [3.63, 3.8) is 0 Å². The second-order valence-corrected chi connectivity index (χ2v) is 3.10. The van der Waals surface area contributed by atoms with Crippen LogP contribution in [0.1, 0.15) is 46.0 Å². The first-order valence-corrected chi connectivity index (χ1v) is 4.17. The molecule has 0 aliphatic heterocycles. The fourth-order valence-electron chi connectivity index (χ4n) is 0.944. The van der Waals surface area contributed by atoms with Crippen molar-refractivity contribution in [2.45, 2.75) is 46.0 Å². The fraction of sp³-hybridized carbons (Fsp3) is 0.700. The number of hydrogen-bond donors (Lipinski definition) is 0. The average Bonchev–Trinajstić information content (AvgIpc) is 1.87. The zero-order chi connectivity index (χ0) is 7.82. The van der Waals surface area contributed by atoms with Gasteiger partial charge in [0.1, 0.15) is 0 Å². The van der Waals surface area contributed by atoms with Crippen LogP contribution in [-0.4, -0.2) is 0 Å². The summed E-state index contributed by atoms with van der Waals surface area (Å²) in [5.74, 6) is 1.55. The van der Waals surface area contributed by atoms with E-state index in [2.05, 4.69) is 20.4 Å². The van der Waals surface area contributed by atoms with Gasteiger partial charge in [-0.1, -0.05) is 18.9 Å². The zero-order valence-electron chi connectivity index (χ0n) is 8.03. The van der Waals surface area contributed by atoms with Gasteiger partial charge in [0, 0.05) is 19.5 Å². The number of allylic oxidation sites excluding steroid dienone is 1. The van der Waals surface area contributed by atoms with Crippen LogP contribution >= 0.6 is 0 Å². The van der Waals surface area contributed by atoms with Gasteiger partial charge in [-0.25, -0.2) is 0 Å². The fourth-order valence-corrected chi connectivity index (χ4v) is 0.944. The van der Waals surface area contributed by atoms with E-state index >= 15 is 0 Å². The molecule has 0 saturated carbocycles. The predicted molar refractivity (Wildman–Crippen MR) is 47.9 cm³/mol. The summed E-state index contributed by atoms with van der Waals surface area (Å²) in [4.78, 5) is 0. The molecule has 0 aromatic carbocycles. The molecule has 0 aromatic heterocycles. The van der Waals surface area contributed by atoms with Crippen molar-refractivity contribution >= 4 is 0 Å². The summed E-state index contributed by atoms with van der Waals surface area (Å²) < 4.78 is 0. The molecule has 0 unspecified atom stereocenters. The number of rotatable bonds is 6. The van der Waals surface area contributed by atoms with Gasteiger partial charge in [0.05, 0.1) is 0 Å². The quantitative estimate of drug-likeness (QED) is 0.268. The summed E-state index contributed by atoms with van der Waals surface area (Å²) in [5, 5.41) is 0. The van der Waals surface area contributed by atoms with Crippen LogP contribution in [0.25, 0.3) is 0 Å². The Morgan fingerprint density at radius 1 is 1.18 bits per heavy atom. The summed E-state index contributed by atoms with van der Waals surface area (Å²) >= 11 is 0. The van der Waals surface area contributed by atoms with Crippen molar-refractivity contribution in [3.05, 3.63) is 18.6 Å². The van der Waals surface area contributed by atoms with Gasteiger partial charge >= 0.3 is 0 Å². The molecule has 0 aromatic rings. The Morgan fingerprint density at radius 3 is 2.27 bits per heavy atom. The minimum Gasteiger partial charge on any atom is -0.320 e. The molecule has 0 atom stereocenters. The van der Waals surface area contributed by atoms with E-state index in [0.717, 1.165) is 0 Å². The molecule has 1 heteroatoms. The first-order valence-electron chi connectivity index (χ1n) is 4.17. The third-order valence-electron chi connectivity index (χ3n) is 1.59. The maximum atomic E-state index is 3.69. The van der Waals surface area contributed by atoms with Gasteiger partial charge in [-0.3, -0.25) is 0 Å². The molecule has 0 nitrogen and oxygen atoms in total. The maximum Gasteiger partial charge on any atom is 0 e. The molecule has 0 aliphatic rings. The van der Waals surface area contributed by atoms with Gasteiger partial charge in [-0.2, -0.15) is 20.3 Å². The molecule has 0 bridgehead atoms. The molecular weight excluding hydrogens is 185 g/mol. The Labute approximate surface area is 84.2 Å². The predicted octanol–water partition coefficient (Wildman–Crippen LogP) is 3.73. The minimum atomic E-state index is 0. The molecule has 0 spiro atoms. The van der Waals surface area contributed by atoms with Crippen molar-refractivity contribution in [2.24, 2.45) is 0 Å². The molecule has 0 aliphatic carbocycles. The SMILES string of the molecule is C=CCCCCC[C-](C)C.[Zn]. The first kappa shape index (κ1) is 13.9. The smallest absolute Gasteiger partial charge is 0 e. The number of unbranched alkanes of at least 4 members (excludes halogenated alkanes) is 3. The second-order valence-electron chi connectivity index (χ2n) is 3.10. The van der Waals surface area contributed by atoms with Gasteiger partial charge in [-0.05, 0) is 12.8 Å². The largest absolute Gasteiger partial charge is 0.320 e.